The molecular weight excluding hydrogens is 472 g/mol. The maximum Gasteiger partial charge on any atom is 0.226 e. The Balaban J connectivity index is 1.63. The molecule has 1 saturated heterocycles. The van der Waals surface area contributed by atoms with Crippen LogP contribution in [0.25, 0.3) is 32.2 Å². The molecule has 1 fully saturated rings. The molecule has 2 aliphatic rings. The van der Waals surface area contributed by atoms with Crippen molar-refractivity contribution in [2.24, 2.45) is 0 Å². The number of halogens is 2. The van der Waals surface area contributed by atoms with Crippen LogP contribution in [0.4, 0.5) is 19.7 Å². The average Bonchev–Trinajstić information content (AvgIpc) is 3.57. The molecule has 0 unspecified atom stereocenters. The van der Waals surface area contributed by atoms with Gasteiger partial charge in [0.2, 0.25) is 5.95 Å². The summed E-state index contributed by atoms with van der Waals surface area (Å²) in [7, 11) is 1.92. The number of nitrogens with zero attached hydrogens (tertiary/aromatic N) is 5. The number of benzene rings is 1. The Hall–Kier alpha value is -3.46. The van der Waals surface area contributed by atoms with E-state index >= 15 is 4.39 Å². The number of likely N-dealkylation sites (N-methyl/N-ethyl adjacent to an activating group) is 1. The quantitative estimate of drug-likeness (QED) is 0.443. The van der Waals surface area contributed by atoms with E-state index in [9.17, 15) is 9.65 Å². The number of nitriles is 1. The van der Waals surface area contributed by atoms with Crippen LogP contribution in [0.1, 0.15) is 30.0 Å². The van der Waals surface area contributed by atoms with Crippen molar-refractivity contribution >= 4 is 43.3 Å². The van der Waals surface area contributed by atoms with Gasteiger partial charge in [0.25, 0.3) is 0 Å². The lowest BCUT2D eigenvalue weighted by molar-refractivity contribution is 0.135. The number of nitrogens with one attached hydrogen (secondary N) is 1. The van der Waals surface area contributed by atoms with Gasteiger partial charge in [-0.05, 0) is 31.5 Å². The molecule has 11 heteroatoms. The van der Waals surface area contributed by atoms with E-state index in [4.69, 9.17) is 10.5 Å². The van der Waals surface area contributed by atoms with Gasteiger partial charge in [-0.25, -0.2) is 18.7 Å². The third-order valence-electron chi connectivity index (χ3n) is 7.11. The number of nitrogen functional groups attached to an aromatic ring is 1. The van der Waals surface area contributed by atoms with E-state index in [2.05, 4.69) is 32.1 Å². The van der Waals surface area contributed by atoms with Crippen molar-refractivity contribution in [3.8, 4) is 17.3 Å². The number of rotatable bonds is 3. The van der Waals surface area contributed by atoms with Crippen molar-refractivity contribution in [1.82, 2.24) is 20.3 Å². The lowest BCUT2D eigenvalue weighted by atomic mass is 9.94. The number of anilines is 2. The molecule has 0 aliphatic carbocycles. The number of thiophene rings is 1. The number of ether oxygens (including phenoxy) is 1. The molecule has 0 amide bonds. The first-order chi connectivity index (χ1) is 16.9. The van der Waals surface area contributed by atoms with Gasteiger partial charge in [-0.1, -0.05) is 0 Å². The van der Waals surface area contributed by atoms with Crippen molar-refractivity contribution in [3.63, 3.8) is 0 Å². The SMILES string of the molecule is CN[C@H]1CCN(c2ncc3c4c(c(-c5ncc(F)c6sc(N)c(C#N)c56)c(F)c3n2)COC4)[C@H]1C. The largest absolute Gasteiger partial charge is 0.389 e. The van der Waals surface area contributed by atoms with Crippen LogP contribution in [-0.2, 0) is 18.0 Å². The molecular formula is C24H21F2N7OS. The molecule has 6 rings (SSSR count). The molecule has 3 aromatic heterocycles. The third-order valence-corrected chi connectivity index (χ3v) is 8.14. The minimum atomic E-state index is -0.609. The Morgan fingerprint density at radius 3 is 2.80 bits per heavy atom. The molecule has 2 atom stereocenters. The minimum absolute atomic E-state index is 0.0894. The molecule has 4 aromatic rings. The van der Waals surface area contributed by atoms with Crippen molar-refractivity contribution in [2.75, 3.05) is 24.2 Å². The fraction of sp³-hybridized carbons (Fsp3) is 0.333. The lowest BCUT2D eigenvalue weighted by Gasteiger charge is -2.25. The van der Waals surface area contributed by atoms with E-state index in [1.165, 1.54) is 0 Å². The number of hydrogen-bond donors (Lipinski definition) is 2. The van der Waals surface area contributed by atoms with Gasteiger partial charge >= 0.3 is 0 Å². The van der Waals surface area contributed by atoms with E-state index < -0.39 is 11.6 Å². The van der Waals surface area contributed by atoms with Crippen LogP contribution < -0.4 is 16.0 Å². The zero-order chi connectivity index (χ0) is 24.4. The predicted octanol–water partition coefficient (Wildman–Crippen LogP) is 3.86. The zero-order valence-electron chi connectivity index (χ0n) is 19.0. The molecule has 0 bridgehead atoms. The molecule has 5 heterocycles. The van der Waals surface area contributed by atoms with Crippen molar-refractivity contribution in [2.45, 2.75) is 38.6 Å². The van der Waals surface area contributed by atoms with E-state index in [0.29, 0.717) is 16.9 Å². The summed E-state index contributed by atoms with van der Waals surface area (Å²) < 4.78 is 36.8. The highest BCUT2D eigenvalue weighted by Gasteiger charge is 2.33. The number of pyridine rings is 1. The summed E-state index contributed by atoms with van der Waals surface area (Å²) in [6.07, 6.45) is 3.61. The highest BCUT2D eigenvalue weighted by molar-refractivity contribution is 7.23. The molecule has 8 nitrogen and oxygen atoms in total. The molecule has 0 spiro atoms. The van der Waals surface area contributed by atoms with Gasteiger partial charge in [0.05, 0.1) is 35.4 Å². The first-order valence-electron chi connectivity index (χ1n) is 11.2. The Kier molecular flexibility index (Phi) is 5.07. The zero-order valence-corrected chi connectivity index (χ0v) is 19.8. The van der Waals surface area contributed by atoms with Gasteiger partial charge < -0.3 is 20.7 Å². The average molecular weight is 494 g/mol. The van der Waals surface area contributed by atoms with Crippen LogP contribution in [-0.4, -0.2) is 40.6 Å². The number of fused-ring (bicyclic) bond motifs is 4. The second kappa shape index (κ2) is 8.05. The van der Waals surface area contributed by atoms with Gasteiger partial charge in [0.1, 0.15) is 16.6 Å². The second-order valence-electron chi connectivity index (χ2n) is 8.80. The van der Waals surface area contributed by atoms with Crippen LogP contribution >= 0.6 is 11.3 Å². The molecule has 3 N–H and O–H groups in total. The Bertz CT molecular complexity index is 1560. The molecule has 2 aliphatic heterocycles. The monoisotopic (exact) mass is 493 g/mol. The number of hydrogen-bond acceptors (Lipinski definition) is 9. The summed E-state index contributed by atoms with van der Waals surface area (Å²) in [5, 5.41) is 13.9. The van der Waals surface area contributed by atoms with Gasteiger partial charge in [-0.2, -0.15) is 5.26 Å². The summed E-state index contributed by atoms with van der Waals surface area (Å²) in [6, 6.07) is 2.45. The maximum atomic E-state index is 16.4. The first kappa shape index (κ1) is 22.0. The van der Waals surface area contributed by atoms with Gasteiger partial charge in [0.15, 0.2) is 11.6 Å². The van der Waals surface area contributed by atoms with Crippen molar-refractivity contribution in [3.05, 3.63) is 40.7 Å². The maximum absolute atomic E-state index is 16.4. The summed E-state index contributed by atoms with van der Waals surface area (Å²) in [6.45, 7) is 3.27. The van der Waals surface area contributed by atoms with Gasteiger partial charge in [-0.15, -0.1) is 11.3 Å². The highest BCUT2D eigenvalue weighted by atomic mass is 32.1. The fourth-order valence-electron chi connectivity index (χ4n) is 5.29. The van der Waals surface area contributed by atoms with Crippen LogP contribution in [0.3, 0.4) is 0 Å². The summed E-state index contributed by atoms with van der Waals surface area (Å²) in [4.78, 5) is 15.5. The molecule has 0 radical (unpaired) electrons. The molecule has 1 aromatic carbocycles. The van der Waals surface area contributed by atoms with Crippen LogP contribution in [0.15, 0.2) is 12.4 Å². The second-order valence-corrected chi connectivity index (χ2v) is 9.85. The minimum Gasteiger partial charge on any atom is -0.389 e. The van der Waals surface area contributed by atoms with E-state index in [1.807, 2.05) is 13.1 Å². The highest BCUT2D eigenvalue weighted by Crippen LogP contribution is 2.45. The molecule has 0 saturated carbocycles. The third kappa shape index (κ3) is 3.10. The Morgan fingerprint density at radius 2 is 2.06 bits per heavy atom. The van der Waals surface area contributed by atoms with E-state index in [-0.39, 0.29) is 62.7 Å². The smallest absolute Gasteiger partial charge is 0.226 e. The van der Waals surface area contributed by atoms with Crippen molar-refractivity contribution in [1.29, 1.82) is 5.26 Å². The van der Waals surface area contributed by atoms with Crippen LogP contribution in [0.2, 0.25) is 0 Å². The topological polar surface area (TPSA) is 113 Å². The normalized spacial score (nSPS) is 19.6. The first-order valence-corrected chi connectivity index (χ1v) is 12.0. The summed E-state index contributed by atoms with van der Waals surface area (Å²) in [5.74, 6) is -0.761. The fourth-order valence-corrected chi connectivity index (χ4v) is 6.21. The molecule has 178 valence electrons. The lowest BCUT2D eigenvalue weighted by Crippen LogP contribution is -2.39. The Labute approximate surface area is 203 Å². The standard InChI is InChI=1S/C24H21F2N7OS/c1-10-16(29-2)3-4-33(10)24-31-6-12-13-8-34-9-14(13)17(19(26)20(12)32-24)21-18-11(5-27)23(28)35-22(18)15(25)7-30-21/h6-7,10,16,29H,3-4,8-9,28H2,1-2H3/t10-,16-/m0/s1. The van der Waals surface area contributed by atoms with Gasteiger partial charge in [-0.3, -0.25) is 4.98 Å². The van der Waals surface area contributed by atoms with Crippen LogP contribution in [0.5, 0.6) is 0 Å². The number of nitrogens with two attached hydrogens (primary N) is 1. The van der Waals surface area contributed by atoms with Crippen molar-refractivity contribution < 1.29 is 13.5 Å². The van der Waals surface area contributed by atoms with Gasteiger partial charge in [0, 0.05) is 41.2 Å². The molecule has 35 heavy (non-hydrogen) atoms. The summed E-state index contributed by atoms with van der Waals surface area (Å²) in [5.41, 5.74) is 7.94. The van der Waals surface area contributed by atoms with Crippen LogP contribution in [0, 0.1) is 23.0 Å². The number of aromatic nitrogens is 3. The summed E-state index contributed by atoms with van der Waals surface area (Å²) >= 11 is 0.952. The van der Waals surface area contributed by atoms with E-state index in [1.54, 1.807) is 6.20 Å². The Morgan fingerprint density at radius 1 is 1.26 bits per heavy atom. The predicted molar refractivity (Wildman–Crippen MR) is 130 cm³/mol. The van der Waals surface area contributed by atoms with E-state index in [0.717, 1.165) is 36.1 Å².